The summed E-state index contributed by atoms with van der Waals surface area (Å²) < 4.78 is 0. The van der Waals surface area contributed by atoms with Crippen LogP contribution in [0.2, 0.25) is 0 Å². The molecule has 0 aliphatic carbocycles. The van der Waals surface area contributed by atoms with E-state index in [2.05, 4.69) is 5.32 Å². The lowest BCUT2D eigenvalue weighted by molar-refractivity contribution is -0.135. The quantitative estimate of drug-likeness (QED) is 0.912. The molecule has 1 aliphatic heterocycles. The summed E-state index contributed by atoms with van der Waals surface area (Å²) in [4.78, 5) is 25.5. The molecule has 4 heteroatoms. The van der Waals surface area contributed by atoms with Gasteiger partial charge in [-0.05, 0) is 18.4 Å². The second-order valence-electron chi connectivity index (χ2n) is 5.21. The molecule has 0 bridgehead atoms. The Balaban J connectivity index is 1.76. The topological polar surface area (TPSA) is 49.4 Å². The van der Waals surface area contributed by atoms with Crippen molar-refractivity contribution in [1.82, 2.24) is 10.2 Å². The van der Waals surface area contributed by atoms with Crippen LogP contribution in [0.5, 0.6) is 0 Å². The zero-order valence-electron chi connectivity index (χ0n) is 12.0. The van der Waals surface area contributed by atoms with Crippen LogP contribution in [0.25, 0.3) is 0 Å². The molecule has 0 unspecified atom stereocenters. The number of nitrogens with zero attached hydrogens (tertiary/aromatic N) is 1. The minimum Gasteiger partial charge on any atom is -0.352 e. The van der Waals surface area contributed by atoms with Crippen molar-refractivity contribution in [2.24, 2.45) is 5.92 Å². The van der Waals surface area contributed by atoms with Crippen LogP contribution in [0.3, 0.4) is 0 Å². The first kappa shape index (κ1) is 14.6. The van der Waals surface area contributed by atoms with Crippen molar-refractivity contribution >= 4 is 11.8 Å². The van der Waals surface area contributed by atoms with Gasteiger partial charge in [-0.1, -0.05) is 37.3 Å². The van der Waals surface area contributed by atoms with Crippen LogP contribution in [0.15, 0.2) is 30.3 Å². The molecule has 1 aromatic rings. The molecular weight excluding hydrogens is 252 g/mol. The minimum absolute atomic E-state index is 0.0413. The molecular formula is C16H22N2O2. The lowest BCUT2D eigenvalue weighted by atomic mass is 9.95. The van der Waals surface area contributed by atoms with E-state index < -0.39 is 0 Å². The summed E-state index contributed by atoms with van der Waals surface area (Å²) in [5, 5.41) is 2.98. The number of nitrogens with one attached hydrogen (secondary N) is 1. The third-order valence-electron chi connectivity index (χ3n) is 3.83. The summed E-state index contributed by atoms with van der Waals surface area (Å²) in [6.45, 7) is 3.86. The van der Waals surface area contributed by atoms with Crippen molar-refractivity contribution < 1.29 is 9.59 Å². The fourth-order valence-electron chi connectivity index (χ4n) is 2.54. The third-order valence-corrected chi connectivity index (χ3v) is 3.83. The fraction of sp³-hybridized carbons (Fsp3) is 0.500. The molecule has 0 aromatic heterocycles. The normalized spacial score (nSPS) is 15.9. The van der Waals surface area contributed by atoms with E-state index in [1.165, 1.54) is 0 Å². The monoisotopic (exact) mass is 274 g/mol. The van der Waals surface area contributed by atoms with E-state index in [4.69, 9.17) is 0 Å². The van der Waals surface area contributed by atoms with Crippen LogP contribution in [-0.2, 0) is 16.1 Å². The zero-order chi connectivity index (χ0) is 14.4. The van der Waals surface area contributed by atoms with Gasteiger partial charge in [0.15, 0.2) is 0 Å². The maximum absolute atomic E-state index is 12.1. The predicted molar refractivity (Wildman–Crippen MR) is 77.9 cm³/mol. The Hall–Kier alpha value is -1.84. The number of piperidine rings is 1. The molecule has 0 saturated carbocycles. The van der Waals surface area contributed by atoms with Gasteiger partial charge in [-0.3, -0.25) is 9.59 Å². The molecule has 1 aliphatic rings. The first-order chi connectivity index (χ1) is 9.70. The number of hydrogen-bond donors (Lipinski definition) is 1. The molecule has 0 atom stereocenters. The van der Waals surface area contributed by atoms with Crippen LogP contribution in [0.4, 0.5) is 0 Å². The van der Waals surface area contributed by atoms with Crippen LogP contribution in [0.1, 0.15) is 31.7 Å². The van der Waals surface area contributed by atoms with Crippen molar-refractivity contribution in [3.8, 4) is 0 Å². The van der Waals surface area contributed by atoms with Gasteiger partial charge >= 0.3 is 0 Å². The van der Waals surface area contributed by atoms with Crippen molar-refractivity contribution in [1.29, 1.82) is 0 Å². The zero-order valence-corrected chi connectivity index (χ0v) is 12.0. The number of hydrogen-bond acceptors (Lipinski definition) is 2. The van der Waals surface area contributed by atoms with Gasteiger partial charge in [0, 0.05) is 32.0 Å². The number of carbonyl (C=O) groups is 2. The van der Waals surface area contributed by atoms with E-state index in [1.807, 2.05) is 42.2 Å². The number of likely N-dealkylation sites (tertiary alicyclic amines) is 1. The van der Waals surface area contributed by atoms with Gasteiger partial charge < -0.3 is 10.2 Å². The largest absolute Gasteiger partial charge is 0.352 e. The van der Waals surface area contributed by atoms with Crippen LogP contribution in [0, 0.1) is 5.92 Å². The van der Waals surface area contributed by atoms with Crippen molar-refractivity contribution in [2.45, 2.75) is 32.7 Å². The summed E-state index contributed by atoms with van der Waals surface area (Å²) in [7, 11) is 0. The average molecular weight is 274 g/mol. The van der Waals surface area contributed by atoms with E-state index in [9.17, 15) is 9.59 Å². The van der Waals surface area contributed by atoms with E-state index >= 15 is 0 Å². The van der Waals surface area contributed by atoms with Gasteiger partial charge in [-0.25, -0.2) is 0 Å². The van der Waals surface area contributed by atoms with Gasteiger partial charge in [0.25, 0.3) is 0 Å². The predicted octanol–water partition coefficient (Wildman–Crippen LogP) is 1.95. The summed E-state index contributed by atoms with van der Waals surface area (Å²) in [6.07, 6.45) is 2.09. The van der Waals surface area contributed by atoms with Crippen molar-refractivity contribution in [3.63, 3.8) is 0 Å². The first-order valence-corrected chi connectivity index (χ1v) is 7.30. The van der Waals surface area contributed by atoms with Gasteiger partial charge in [-0.15, -0.1) is 0 Å². The summed E-state index contributed by atoms with van der Waals surface area (Å²) in [5.41, 5.74) is 1.11. The van der Waals surface area contributed by atoms with Crippen LogP contribution < -0.4 is 5.32 Å². The SMILES string of the molecule is CCC(=O)N1CCC(C(=O)NCc2ccccc2)CC1. The molecule has 108 valence electrons. The maximum Gasteiger partial charge on any atom is 0.223 e. The molecule has 20 heavy (non-hydrogen) atoms. The fourth-order valence-corrected chi connectivity index (χ4v) is 2.54. The minimum atomic E-state index is 0.0413. The van der Waals surface area contributed by atoms with E-state index in [0.717, 1.165) is 18.4 Å². The third kappa shape index (κ3) is 3.83. The second-order valence-corrected chi connectivity index (χ2v) is 5.21. The Morgan fingerprint density at radius 1 is 1.20 bits per heavy atom. The first-order valence-electron chi connectivity index (χ1n) is 7.30. The molecule has 1 heterocycles. The molecule has 1 N–H and O–H groups in total. The maximum atomic E-state index is 12.1. The molecule has 0 spiro atoms. The van der Waals surface area contributed by atoms with Gasteiger partial charge in [0.2, 0.25) is 11.8 Å². The van der Waals surface area contributed by atoms with Gasteiger partial charge in [0.05, 0.1) is 0 Å². The Morgan fingerprint density at radius 3 is 2.45 bits per heavy atom. The lowest BCUT2D eigenvalue weighted by Crippen LogP contribution is -2.42. The second kappa shape index (κ2) is 7.08. The summed E-state index contributed by atoms with van der Waals surface area (Å²) >= 11 is 0. The van der Waals surface area contributed by atoms with Crippen molar-refractivity contribution in [3.05, 3.63) is 35.9 Å². The van der Waals surface area contributed by atoms with Crippen LogP contribution in [-0.4, -0.2) is 29.8 Å². The Bertz CT molecular complexity index is 451. The van der Waals surface area contributed by atoms with E-state index in [0.29, 0.717) is 26.1 Å². The number of carbonyl (C=O) groups excluding carboxylic acids is 2. The molecule has 1 aromatic carbocycles. The highest BCUT2D eigenvalue weighted by Crippen LogP contribution is 2.18. The highest BCUT2D eigenvalue weighted by atomic mass is 16.2. The molecule has 4 nitrogen and oxygen atoms in total. The molecule has 2 rings (SSSR count). The smallest absolute Gasteiger partial charge is 0.223 e. The van der Waals surface area contributed by atoms with Crippen LogP contribution >= 0.6 is 0 Å². The molecule has 0 radical (unpaired) electrons. The molecule has 1 saturated heterocycles. The molecule has 1 fully saturated rings. The Morgan fingerprint density at radius 2 is 1.85 bits per heavy atom. The average Bonchev–Trinajstić information content (AvgIpc) is 2.53. The van der Waals surface area contributed by atoms with E-state index in [-0.39, 0.29) is 17.7 Å². The van der Waals surface area contributed by atoms with Gasteiger partial charge in [0.1, 0.15) is 0 Å². The highest BCUT2D eigenvalue weighted by molar-refractivity contribution is 5.80. The Kier molecular flexibility index (Phi) is 5.16. The standard InChI is InChI=1S/C16H22N2O2/c1-2-15(19)18-10-8-14(9-11-18)16(20)17-12-13-6-4-3-5-7-13/h3-7,14H,2,8-12H2,1H3,(H,17,20). The number of rotatable bonds is 4. The Labute approximate surface area is 120 Å². The van der Waals surface area contributed by atoms with Crippen molar-refractivity contribution in [2.75, 3.05) is 13.1 Å². The number of amides is 2. The van der Waals surface area contributed by atoms with E-state index in [1.54, 1.807) is 0 Å². The summed E-state index contributed by atoms with van der Waals surface area (Å²) in [6, 6.07) is 9.91. The van der Waals surface area contributed by atoms with Gasteiger partial charge in [-0.2, -0.15) is 0 Å². The number of benzene rings is 1. The molecule has 2 amide bonds. The highest BCUT2D eigenvalue weighted by Gasteiger charge is 2.26. The summed E-state index contributed by atoms with van der Waals surface area (Å²) in [5.74, 6) is 0.338. The lowest BCUT2D eigenvalue weighted by Gasteiger charge is -2.31.